The van der Waals surface area contributed by atoms with Crippen LogP contribution in [-0.2, 0) is 17.6 Å². The Kier molecular flexibility index (Phi) is 3.90. The fraction of sp³-hybridized carbons (Fsp3) is 0.647. The van der Waals surface area contributed by atoms with E-state index in [1.807, 2.05) is 0 Å². The highest BCUT2D eigenvalue weighted by Crippen LogP contribution is 2.26. The van der Waals surface area contributed by atoms with Crippen LogP contribution in [0.25, 0.3) is 0 Å². The van der Waals surface area contributed by atoms with Gasteiger partial charge in [-0.3, -0.25) is 0 Å². The van der Waals surface area contributed by atoms with Gasteiger partial charge >= 0.3 is 0 Å². The van der Waals surface area contributed by atoms with E-state index in [0.717, 1.165) is 13.2 Å². The zero-order chi connectivity index (χ0) is 13.2. The molecule has 1 heterocycles. The van der Waals surface area contributed by atoms with Crippen LogP contribution in [0.4, 0.5) is 0 Å². The summed E-state index contributed by atoms with van der Waals surface area (Å²) >= 11 is 0. The highest BCUT2D eigenvalue weighted by atomic mass is 16.5. The van der Waals surface area contributed by atoms with Crippen molar-refractivity contribution in [3.63, 3.8) is 0 Å². The van der Waals surface area contributed by atoms with Gasteiger partial charge in [0.1, 0.15) is 0 Å². The molecule has 3 atom stereocenters. The van der Waals surface area contributed by atoms with E-state index in [-0.39, 0.29) is 0 Å². The smallest absolute Gasteiger partial charge is 0.0509 e. The number of benzene rings is 1. The van der Waals surface area contributed by atoms with Crippen molar-refractivity contribution in [3.05, 3.63) is 34.9 Å². The van der Waals surface area contributed by atoms with Crippen LogP contribution in [0.1, 0.15) is 49.4 Å². The van der Waals surface area contributed by atoms with Gasteiger partial charge in [-0.1, -0.05) is 18.2 Å². The lowest BCUT2D eigenvalue weighted by Gasteiger charge is -2.24. The second-order valence-corrected chi connectivity index (χ2v) is 6.18. The van der Waals surface area contributed by atoms with Crippen LogP contribution in [0.15, 0.2) is 18.2 Å². The van der Waals surface area contributed by atoms with E-state index in [9.17, 15) is 0 Å². The quantitative estimate of drug-likeness (QED) is 0.896. The van der Waals surface area contributed by atoms with Crippen molar-refractivity contribution < 1.29 is 4.74 Å². The first kappa shape index (κ1) is 13.1. The SMILES string of the molecule is CC(NC(C)C1CCOC1)c1ccc2c(c1)CCC2. The summed E-state index contributed by atoms with van der Waals surface area (Å²) in [7, 11) is 0. The van der Waals surface area contributed by atoms with Crippen molar-refractivity contribution in [2.24, 2.45) is 5.92 Å². The van der Waals surface area contributed by atoms with Gasteiger partial charge in [0.2, 0.25) is 0 Å². The van der Waals surface area contributed by atoms with Gasteiger partial charge < -0.3 is 10.1 Å². The Hall–Kier alpha value is -0.860. The molecule has 2 heteroatoms. The normalized spacial score (nSPS) is 25.3. The number of nitrogens with one attached hydrogen (secondary N) is 1. The lowest BCUT2D eigenvalue weighted by molar-refractivity contribution is 0.177. The first-order valence-electron chi connectivity index (χ1n) is 7.69. The third-order valence-electron chi connectivity index (χ3n) is 4.81. The maximum absolute atomic E-state index is 5.49. The van der Waals surface area contributed by atoms with Gasteiger partial charge in [-0.15, -0.1) is 0 Å². The molecule has 3 unspecified atom stereocenters. The van der Waals surface area contributed by atoms with E-state index in [1.165, 1.54) is 31.2 Å². The zero-order valence-corrected chi connectivity index (χ0v) is 12.1. The molecule has 104 valence electrons. The summed E-state index contributed by atoms with van der Waals surface area (Å²) in [5, 5.41) is 3.75. The third-order valence-corrected chi connectivity index (χ3v) is 4.81. The molecule has 19 heavy (non-hydrogen) atoms. The molecule has 1 aromatic rings. The highest BCUT2D eigenvalue weighted by molar-refractivity contribution is 5.36. The molecule has 1 aliphatic heterocycles. The molecule has 1 saturated heterocycles. The fourth-order valence-corrected chi connectivity index (χ4v) is 3.43. The molecule has 1 N–H and O–H groups in total. The Labute approximate surface area is 116 Å². The topological polar surface area (TPSA) is 21.3 Å². The molecular formula is C17H25NO. The molecule has 0 bridgehead atoms. The molecule has 0 aromatic heterocycles. The molecule has 0 saturated carbocycles. The van der Waals surface area contributed by atoms with Crippen LogP contribution in [0.5, 0.6) is 0 Å². The molecular weight excluding hydrogens is 234 g/mol. The summed E-state index contributed by atoms with van der Waals surface area (Å²) in [6.07, 6.45) is 5.07. The van der Waals surface area contributed by atoms with Crippen LogP contribution in [0.2, 0.25) is 0 Å². The van der Waals surface area contributed by atoms with Gasteiger partial charge in [-0.25, -0.2) is 0 Å². The summed E-state index contributed by atoms with van der Waals surface area (Å²) in [5.41, 5.74) is 4.57. The van der Waals surface area contributed by atoms with Crippen molar-refractivity contribution in [1.29, 1.82) is 0 Å². The van der Waals surface area contributed by atoms with Crippen LogP contribution in [0, 0.1) is 5.92 Å². The van der Waals surface area contributed by atoms with Gasteiger partial charge in [0.05, 0.1) is 6.61 Å². The summed E-state index contributed by atoms with van der Waals surface area (Å²) in [5.74, 6) is 0.678. The second kappa shape index (κ2) is 5.64. The predicted octanol–water partition coefficient (Wildman–Crippen LogP) is 3.25. The predicted molar refractivity (Wildman–Crippen MR) is 78.4 cm³/mol. The molecule has 0 spiro atoms. The van der Waals surface area contributed by atoms with Gasteiger partial charge in [-0.05, 0) is 62.1 Å². The second-order valence-electron chi connectivity index (χ2n) is 6.18. The minimum atomic E-state index is 0.432. The average Bonchev–Trinajstić information content (AvgIpc) is 3.09. The largest absolute Gasteiger partial charge is 0.381 e. The number of rotatable bonds is 4. The lowest BCUT2D eigenvalue weighted by Crippen LogP contribution is -2.35. The number of hydrogen-bond donors (Lipinski definition) is 1. The van der Waals surface area contributed by atoms with E-state index < -0.39 is 0 Å². The van der Waals surface area contributed by atoms with Crippen LogP contribution >= 0.6 is 0 Å². The molecule has 3 rings (SSSR count). The first-order chi connectivity index (χ1) is 9.24. The Bertz CT molecular complexity index is 437. The maximum Gasteiger partial charge on any atom is 0.0509 e. The molecule has 2 aliphatic rings. The Morgan fingerprint density at radius 3 is 2.84 bits per heavy atom. The highest BCUT2D eigenvalue weighted by Gasteiger charge is 2.23. The maximum atomic E-state index is 5.49. The summed E-state index contributed by atoms with van der Waals surface area (Å²) in [4.78, 5) is 0. The van der Waals surface area contributed by atoms with E-state index >= 15 is 0 Å². The number of aryl methyl sites for hydroxylation is 2. The molecule has 2 nitrogen and oxygen atoms in total. The van der Waals surface area contributed by atoms with Crippen molar-refractivity contribution in [1.82, 2.24) is 5.32 Å². The summed E-state index contributed by atoms with van der Waals surface area (Å²) in [6.45, 7) is 6.43. The molecule has 0 radical (unpaired) electrons. The molecule has 1 fully saturated rings. The third kappa shape index (κ3) is 2.85. The van der Waals surface area contributed by atoms with Crippen molar-refractivity contribution >= 4 is 0 Å². The summed E-state index contributed by atoms with van der Waals surface area (Å²) < 4.78 is 5.49. The molecule has 0 amide bonds. The molecule has 1 aromatic carbocycles. The Balaban J connectivity index is 1.64. The van der Waals surface area contributed by atoms with Gasteiger partial charge in [-0.2, -0.15) is 0 Å². The van der Waals surface area contributed by atoms with Gasteiger partial charge in [0.25, 0.3) is 0 Å². The van der Waals surface area contributed by atoms with Crippen LogP contribution in [0.3, 0.4) is 0 Å². The Morgan fingerprint density at radius 2 is 2.05 bits per heavy atom. The standard InChI is InChI=1S/C17H25NO/c1-12(18-13(2)17-8-9-19-11-17)15-7-6-14-4-3-5-16(14)10-15/h6-7,10,12-13,17-18H,3-5,8-9,11H2,1-2H3. The number of fused-ring (bicyclic) bond motifs is 1. The summed E-state index contributed by atoms with van der Waals surface area (Å²) in [6, 6.07) is 8.02. The zero-order valence-electron chi connectivity index (χ0n) is 12.1. The first-order valence-corrected chi connectivity index (χ1v) is 7.69. The van der Waals surface area contributed by atoms with Crippen molar-refractivity contribution in [2.75, 3.05) is 13.2 Å². The Morgan fingerprint density at radius 1 is 1.21 bits per heavy atom. The van der Waals surface area contributed by atoms with E-state index in [2.05, 4.69) is 37.4 Å². The fourth-order valence-electron chi connectivity index (χ4n) is 3.43. The molecule has 1 aliphatic carbocycles. The number of hydrogen-bond acceptors (Lipinski definition) is 2. The van der Waals surface area contributed by atoms with Crippen molar-refractivity contribution in [3.8, 4) is 0 Å². The van der Waals surface area contributed by atoms with Crippen molar-refractivity contribution in [2.45, 2.75) is 51.6 Å². The lowest BCUT2D eigenvalue weighted by atomic mass is 9.97. The van der Waals surface area contributed by atoms with Gasteiger partial charge in [0.15, 0.2) is 0 Å². The van der Waals surface area contributed by atoms with Gasteiger partial charge in [0, 0.05) is 18.7 Å². The van der Waals surface area contributed by atoms with Crippen LogP contribution in [-0.4, -0.2) is 19.3 Å². The van der Waals surface area contributed by atoms with Crippen LogP contribution < -0.4 is 5.32 Å². The number of ether oxygens (including phenoxy) is 1. The minimum absolute atomic E-state index is 0.432. The van der Waals surface area contributed by atoms with E-state index in [0.29, 0.717) is 18.0 Å². The minimum Gasteiger partial charge on any atom is -0.381 e. The monoisotopic (exact) mass is 259 g/mol. The van der Waals surface area contributed by atoms with E-state index in [1.54, 1.807) is 11.1 Å². The average molecular weight is 259 g/mol. The van der Waals surface area contributed by atoms with E-state index in [4.69, 9.17) is 4.74 Å².